The van der Waals surface area contributed by atoms with Crippen molar-refractivity contribution in [3.8, 4) is 11.3 Å². The number of halogens is 1. The molecule has 2 aromatic carbocycles. The van der Waals surface area contributed by atoms with E-state index < -0.39 is 0 Å². The topological polar surface area (TPSA) is 45.2 Å². The third-order valence-electron chi connectivity index (χ3n) is 4.47. The molecule has 1 aliphatic heterocycles. The van der Waals surface area contributed by atoms with Crippen LogP contribution in [-0.4, -0.2) is 22.5 Å². The molecule has 0 spiro atoms. The highest BCUT2D eigenvalue weighted by molar-refractivity contribution is 9.10. The van der Waals surface area contributed by atoms with Gasteiger partial charge in [0.15, 0.2) is 0 Å². The van der Waals surface area contributed by atoms with E-state index in [1.807, 2.05) is 47.4 Å². The van der Waals surface area contributed by atoms with Gasteiger partial charge >= 0.3 is 6.03 Å². The van der Waals surface area contributed by atoms with Crippen molar-refractivity contribution in [2.75, 3.05) is 11.9 Å². The second kappa shape index (κ2) is 7.60. The maximum atomic E-state index is 12.8. The Hall–Kier alpha value is -2.18. The number of thiazole rings is 1. The fraction of sp³-hybridized carbons (Fsp3) is 0.200. The number of amides is 2. The van der Waals surface area contributed by atoms with E-state index in [2.05, 4.69) is 38.8 Å². The van der Waals surface area contributed by atoms with E-state index in [0.717, 1.165) is 45.8 Å². The Labute approximate surface area is 165 Å². The molecule has 0 saturated carbocycles. The third kappa shape index (κ3) is 3.66. The zero-order chi connectivity index (χ0) is 17.9. The molecule has 4 rings (SSSR count). The molecule has 1 aromatic heterocycles. The summed E-state index contributed by atoms with van der Waals surface area (Å²) in [5.74, 6) is 0. The molecule has 132 valence electrons. The third-order valence-corrected chi connectivity index (χ3v) is 5.91. The Balaban J connectivity index is 1.51. The van der Waals surface area contributed by atoms with Crippen LogP contribution in [-0.2, 0) is 0 Å². The molecule has 1 atom stereocenters. The van der Waals surface area contributed by atoms with Crippen molar-refractivity contribution >= 4 is 39.0 Å². The van der Waals surface area contributed by atoms with Gasteiger partial charge in [-0.2, -0.15) is 0 Å². The standard InChI is InChI=1S/C20H18BrN3OS/c21-15-8-4-9-16(12-15)22-20(25)24-11-5-10-18(24)19-23-17(13-26-19)14-6-2-1-3-7-14/h1-4,6-9,12-13,18H,5,10-11H2,(H,22,25)/t18-/m0/s1. The number of carbonyl (C=O) groups is 1. The molecule has 0 radical (unpaired) electrons. The molecule has 2 amide bonds. The van der Waals surface area contributed by atoms with Gasteiger partial charge in [-0.25, -0.2) is 9.78 Å². The van der Waals surface area contributed by atoms with Crippen LogP contribution in [0.15, 0.2) is 64.5 Å². The number of nitrogens with zero attached hydrogens (tertiary/aromatic N) is 2. The molecular weight excluding hydrogens is 410 g/mol. The number of urea groups is 1. The lowest BCUT2D eigenvalue weighted by Gasteiger charge is -2.23. The molecule has 1 aliphatic rings. The zero-order valence-corrected chi connectivity index (χ0v) is 16.5. The quantitative estimate of drug-likeness (QED) is 0.561. The average molecular weight is 428 g/mol. The first kappa shape index (κ1) is 17.2. The molecule has 0 unspecified atom stereocenters. The Kier molecular flexibility index (Phi) is 5.04. The van der Waals surface area contributed by atoms with Crippen LogP contribution in [0, 0.1) is 0 Å². The van der Waals surface area contributed by atoms with Crippen LogP contribution in [0.25, 0.3) is 11.3 Å². The number of rotatable bonds is 3. The summed E-state index contributed by atoms with van der Waals surface area (Å²) in [7, 11) is 0. The number of carbonyl (C=O) groups excluding carboxylic acids is 1. The lowest BCUT2D eigenvalue weighted by atomic mass is 10.2. The van der Waals surface area contributed by atoms with Crippen molar-refractivity contribution in [3.63, 3.8) is 0 Å². The van der Waals surface area contributed by atoms with Gasteiger partial charge in [0.2, 0.25) is 0 Å². The fourth-order valence-electron chi connectivity index (χ4n) is 3.21. The average Bonchev–Trinajstić information content (AvgIpc) is 3.32. The van der Waals surface area contributed by atoms with Gasteiger partial charge in [0.1, 0.15) is 5.01 Å². The predicted octanol–water partition coefficient (Wildman–Crippen LogP) is 5.94. The Morgan fingerprint density at radius 2 is 2.04 bits per heavy atom. The van der Waals surface area contributed by atoms with Gasteiger partial charge < -0.3 is 10.2 Å². The minimum Gasteiger partial charge on any atom is -0.315 e. The van der Waals surface area contributed by atoms with Gasteiger partial charge in [0.05, 0.1) is 11.7 Å². The smallest absolute Gasteiger partial charge is 0.315 e. The molecule has 1 fully saturated rings. The minimum absolute atomic E-state index is 0.0459. The summed E-state index contributed by atoms with van der Waals surface area (Å²) in [6, 6.07) is 17.8. The highest BCUT2D eigenvalue weighted by atomic mass is 79.9. The summed E-state index contributed by atoms with van der Waals surface area (Å²) in [6.07, 6.45) is 1.95. The monoisotopic (exact) mass is 427 g/mol. The first-order chi connectivity index (χ1) is 12.7. The highest BCUT2D eigenvalue weighted by Crippen LogP contribution is 2.36. The molecule has 3 aromatic rings. The predicted molar refractivity (Wildman–Crippen MR) is 109 cm³/mol. The van der Waals surface area contributed by atoms with Crippen LogP contribution in [0.4, 0.5) is 10.5 Å². The maximum absolute atomic E-state index is 12.8. The fourth-order valence-corrected chi connectivity index (χ4v) is 4.58. The number of hydrogen-bond donors (Lipinski definition) is 1. The lowest BCUT2D eigenvalue weighted by Crippen LogP contribution is -2.34. The molecule has 1 saturated heterocycles. The molecule has 2 heterocycles. The maximum Gasteiger partial charge on any atom is 0.322 e. The Morgan fingerprint density at radius 1 is 1.19 bits per heavy atom. The van der Waals surface area contributed by atoms with E-state index in [-0.39, 0.29) is 12.1 Å². The Morgan fingerprint density at radius 3 is 2.85 bits per heavy atom. The Bertz CT molecular complexity index is 912. The molecular formula is C20H18BrN3OS. The van der Waals surface area contributed by atoms with Crippen LogP contribution in [0.5, 0.6) is 0 Å². The number of benzene rings is 2. The van der Waals surface area contributed by atoms with Crippen LogP contribution < -0.4 is 5.32 Å². The van der Waals surface area contributed by atoms with Gasteiger partial charge in [-0.15, -0.1) is 11.3 Å². The van der Waals surface area contributed by atoms with Crippen molar-refractivity contribution in [2.24, 2.45) is 0 Å². The molecule has 0 aliphatic carbocycles. The number of likely N-dealkylation sites (tertiary alicyclic amines) is 1. The van der Waals surface area contributed by atoms with Crippen LogP contribution >= 0.6 is 27.3 Å². The second-order valence-electron chi connectivity index (χ2n) is 6.23. The molecule has 6 heteroatoms. The summed E-state index contributed by atoms with van der Waals surface area (Å²) in [5, 5.41) is 6.08. The summed E-state index contributed by atoms with van der Waals surface area (Å²) in [5.41, 5.74) is 2.88. The first-order valence-electron chi connectivity index (χ1n) is 8.55. The first-order valence-corrected chi connectivity index (χ1v) is 10.2. The van der Waals surface area contributed by atoms with Crippen LogP contribution in [0.3, 0.4) is 0 Å². The number of nitrogens with one attached hydrogen (secondary N) is 1. The van der Waals surface area contributed by atoms with Crippen LogP contribution in [0.1, 0.15) is 23.9 Å². The van der Waals surface area contributed by atoms with Gasteiger partial charge in [0, 0.05) is 27.6 Å². The van der Waals surface area contributed by atoms with Crippen molar-refractivity contribution in [1.82, 2.24) is 9.88 Å². The minimum atomic E-state index is -0.0675. The SMILES string of the molecule is O=C(Nc1cccc(Br)c1)N1CCC[C@H]1c1nc(-c2ccccc2)cs1. The van der Waals surface area contributed by atoms with Gasteiger partial charge in [-0.05, 0) is 31.0 Å². The summed E-state index contributed by atoms with van der Waals surface area (Å²) < 4.78 is 0.945. The normalized spacial score (nSPS) is 16.7. The lowest BCUT2D eigenvalue weighted by molar-refractivity contribution is 0.207. The van der Waals surface area contributed by atoms with E-state index in [9.17, 15) is 4.79 Å². The van der Waals surface area contributed by atoms with Crippen molar-refractivity contribution in [2.45, 2.75) is 18.9 Å². The summed E-state index contributed by atoms with van der Waals surface area (Å²) >= 11 is 5.07. The van der Waals surface area contributed by atoms with Crippen LogP contribution in [0.2, 0.25) is 0 Å². The van der Waals surface area contributed by atoms with E-state index in [1.54, 1.807) is 11.3 Å². The van der Waals surface area contributed by atoms with E-state index in [0.29, 0.717) is 0 Å². The van der Waals surface area contributed by atoms with Crippen molar-refractivity contribution in [3.05, 3.63) is 69.5 Å². The van der Waals surface area contributed by atoms with E-state index in [4.69, 9.17) is 4.98 Å². The van der Waals surface area contributed by atoms with Gasteiger partial charge in [-0.3, -0.25) is 0 Å². The zero-order valence-electron chi connectivity index (χ0n) is 14.1. The number of hydrogen-bond acceptors (Lipinski definition) is 3. The summed E-state index contributed by atoms with van der Waals surface area (Å²) in [6.45, 7) is 0.755. The number of aromatic nitrogens is 1. The molecule has 1 N–H and O–H groups in total. The largest absolute Gasteiger partial charge is 0.322 e. The molecule has 4 nitrogen and oxygen atoms in total. The van der Waals surface area contributed by atoms with Gasteiger partial charge in [-0.1, -0.05) is 52.3 Å². The number of anilines is 1. The second-order valence-corrected chi connectivity index (χ2v) is 8.03. The van der Waals surface area contributed by atoms with E-state index >= 15 is 0 Å². The van der Waals surface area contributed by atoms with Crippen molar-refractivity contribution < 1.29 is 4.79 Å². The van der Waals surface area contributed by atoms with E-state index in [1.165, 1.54) is 0 Å². The molecule has 0 bridgehead atoms. The van der Waals surface area contributed by atoms with Gasteiger partial charge in [0.25, 0.3) is 0 Å². The molecule has 26 heavy (non-hydrogen) atoms. The summed E-state index contributed by atoms with van der Waals surface area (Å²) in [4.78, 5) is 19.5. The highest BCUT2D eigenvalue weighted by Gasteiger charge is 2.32. The van der Waals surface area contributed by atoms with Crippen molar-refractivity contribution in [1.29, 1.82) is 0 Å².